The molecule has 0 unspecified atom stereocenters. The van der Waals surface area contributed by atoms with Crippen LogP contribution in [-0.2, 0) is 9.84 Å². The third kappa shape index (κ3) is 3.17. The zero-order valence-electron chi connectivity index (χ0n) is 8.23. The summed E-state index contributed by atoms with van der Waals surface area (Å²) in [6.45, 7) is 1.61. The third-order valence-electron chi connectivity index (χ3n) is 1.86. The van der Waals surface area contributed by atoms with Gasteiger partial charge in [-0.15, -0.1) is 0 Å². The van der Waals surface area contributed by atoms with Crippen LogP contribution in [0.5, 0.6) is 0 Å². The molecule has 1 aromatic rings. The predicted molar refractivity (Wildman–Crippen MR) is 64.6 cm³/mol. The molecule has 82 valence electrons. The maximum atomic E-state index is 11.5. The Morgan fingerprint density at radius 1 is 1.40 bits per heavy atom. The second-order valence-electron chi connectivity index (χ2n) is 2.92. The SMILES string of the molecule is CCS(=O)(=O)c1ccc(NC(N)=S)cc1. The van der Waals surface area contributed by atoms with Crippen LogP contribution in [-0.4, -0.2) is 19.3 Å². The van der Waals surface area contributed by atoms with Gasteiger partial charge in [-0.25, -0.2) is 8.42 Å². The van der Waals surface area contributed by atoms with Crippen molar-refractivity contribution in [1.29, 1.82) is 0 Å². The molecule has 0 aromatic heterocycles. The number of anilines is 1. The molecule has 0 atom stereocenters. The van der Waals surface area contributed by atoms with Gasteiger partial charge in [0.15, 0.2) is 14.9 Å². The van der Waals surface area contributed by atoms with Gasteiger partial charge in [0.1, 0.15) is 0 Å². The molecule has 3 N–H and O–H groups in total. The number of hydrogen-bond donors (Lipinski definition) is 2. The molecule has 0 fully saturated rings. The van der Waals surface area contributed by atoms with Crippen LogP contribution in [0.2, 0.25) is 0 Å². The highest BCUT2D eigenvalue weighted by Gasteiger charge is 2.10. The Morgan fingerprint density at radius 2 is 1.93 bits per heavy atom. The van der Waals surface area contributed by atoms with Gasteiger partial charge in [-0.2, -0.15) is 0 Å². The Kier molecular flexibility index (Phi) is 3.65. The lowest BCUT2D eigenvalue weighted by molar-refractivity contribution is 0.597. The summed E-state index contributed by atoms with van der Waals surface area (Å²) in [7, 11) is -3.14. The number of nitrogens with one attached hydrogen (secondary N) is 1. The van der Waals surface area contributed by atoms with E-state index in [0.717, 1.165) is 0 Å². The van der Waals surface area contributed by atoms with Crippen LogP contribution >= 0.6 is 12.2 Å². The van der Waals surface area contributed by atoms with E-state index in [4.69, 9.17) is 5.73 Å². The minimum Gasteiger partial charge on any atom is -0.376 e. The number of sulfone groups is 1. The van der Waals surface area contributed by atoms with Crippen LogP contribution in [0.25, 0.3) is 0 Å². The summed E-state index contributed by atoms with van der Waals surface area (Å²) < 4.78 is 22.9. The van der Waals surface area contributed by atoms with Gasteiger partial charge in [-0.05, 0) is 36.5 Å². The van der Waals surface area contributed by atoms with E-state index in [2.05, 4.69) is 17.5 Å². The van der Waals surface area contributed by atoms with Crippen molar-refractivity contribution >= 4 is 32.9 Å². The number of thiocarbonyl (C=S) groups is 1. The summed E-state index contributed by atoms with van der Waals surface area (Å²) >= 11 is 4.66. The van der Waals surface area contributed by atoms with Gasteiger partial charge in [-0.3, -0.25) is 0 Å². The maximum Gasteiger partial charge on any atom is 0.178 e. The minimum atomic E-state index is -3.14. The monoisotopic (exact) mass is 244 g/mol. The average molecular weight is 244 g/mol. The molecule has 0 saturated heterocycles. The maximum absolute atomic E-state index is 11.5. The van der Waals surface area contributed by atoms with Crippen LogP contribution in [0.3, 0.4) is 0 Å². The molecule has 0 saturated carbocycles. The van der Waals surface area contributed by atoms with Crippen LogP contribution in [0.4, 0.5) is 5.69 Å². The van der Waals surface area contributed by atoms with Gasteiger partial charge < -0.3 is 11.1 Å². The van der Waals surface area contributed by atoms with E-state index in [1.54, 1.807) is 19.1 Å². The Morgan fingerprint density at radius 3 is 2.33 bits per heavy atom. The van der Waals surface area contributed by atoms with Gasteiger partial charge in [0.25, 0.3) is 0 Å². The molecule has 6 heteroatoms. The fourth-order valence-corrected chi connectivity index (χ4v) is 2.06. The number of nitrogens with two attached hydrogens (primary N) is 1. The van der Waals surface area contributed by atoms with Crippen LogP contribution in [0, 0.1) is 0 Å². The van der Waals surface area contributed by atoms with Crippen molar-refractivity contribution in [3.05, 3.63) is 24.3 Å². The summed E-state index contributed by atoms with van der Waals surface area (Å²) in [4.78, 5) is 0.304. The molecular weight excluding hydrogens is 232 g/mol. The van der Waals surface area contributed by atoms with E-state index in [-0.39, 0.29) is 10.9 Å². The van der Waals surface area contributed by atoms with Gasteiger partial charge in [-0.1, -0.05) is 6.92 Å². The Bertz CT molecular complexity index is 452. The number of benzene rings is 1. The molecule has 1 rings (SSSR count). The van der Waals surface area contributed by atoms with Crippen molar-refractivity contribution in [2.45, 2.75) is 11.8 Å². The van der Waals surface area contributed by atoms with Gasteiger partial charge in [0.05, 0.1) is 10.6 Å². The van der Waals surface area contributed by atoms with Crippen LogP contribution in [0.1, 0.15) is 6.92 Å². The molecular formula is C9H12N2O2S2. The number of rotatable bonds is 3. The fraction of sp³-hybridized carbons (Fsp3) is 0.222. The largest absolute Gasteiger partial charge is 0.376 e. The Balaban J connectivity index is 2.95. The number of hydrogen-bond acceptors (Lipinski definition) is 3. The lowest BCUT2D eigenvalue weighted by atomic mass is 10.3. The quantitative estimate of drug-likeness (QED) is 0.780. The molecule has 1 aromatic carbocycles. The van der Waals surface area contributed by atoms with Crippen molar-refractivity contribution < 1.29 is 8.42 Å². The average Bonchev–Trinajstić information content (AvgIpc) is 2.18. The van der Waals surface area contributed by atoms with Crippen molar-refractivity contribution in [2.24, 2.45) is 5.73 Å². The zero-order chi connectivity index (χ0) is 11.5. The van der Waals surface area contributed by atoms with Crippen LogP contribution < -0.4 is 11.1 Å². The van der Waals surface area contributed by atoms with Gasteiger partial charge in [0.2, 0.25) is 0 Å². The molecule has 15 heavy (non-hydrogen) atoms. The molecule has 0 aliphatic carbocycles. The van der Waals surface area contributed by atoms with Crippen molar-refractivity contribution in [2.75, 3.05) is 11.1 Å². The van der Waals surface area contributed by atoms with E-state index in [1.807, 2.05) is 0 Å². The first-order valence-corrected chi connectivity index (χ1v) is 6.41. The van der Waals surface area contributed by atoms with Crippen molar-refractivity contribution in [1.82, 2.24) is 0 Å². The highest BCUT2D eigenvalue weighted by atomic mass is 32.2. The van der Waals surface area contributed by atoms with Crippen molar-refractivity contribution in [3.63, 3.8) is 0 Å². The van der Waals surface area contributed by atoms with E-state index in [9.17, 15) is 8.42 Å². The molecule has 0 aliphatic heterocycles. The van der Waals surface area contributed by atoms with Crippen molar-refractivity contribution in [3.8, 4) is 0 Å². The topological polar surface area (TPSA) is 72.2 Å². The van der Waals surface area contributed by atoms with E-state index < -0.39 is 9.84 Å². The van der Waals surface area contributed by atoms with E-state index >= 15 is 0 Å². The Hall–Kier alpha value is -1.14. The molecule has 0 amide bonds. The Labute approximate surface area is 94.4 Å². The highest BCUT2D eigenvalue weighted by molar-refractivity contribution is 7.91. The highest BCUT2D eigenvalue weighted by Crippen LogP contribution is 2.14. The van der Waals surface area contributed by atoms with E-state index in [0.29, 0.717) is 10.6 Å². The van der Waals surface area contributed by atoms with Gasteiger partial charge in [0, 0.05) is 5.69 Å². The first-order valence-electron chi connectivity index (χ1n) is 4.35. The second kappa shape index (κ2) is 4.59. The molecule has 0 radical (unpaired) electrons. The summed E-state index contributed by atoms with van der Waals surface area (Å²) in [5.41, 5.74) is 5.95. The molecule has 0 spiro atoms. The zero-order valence-corrected chi connectivity index (χ0v) is 9.86. The summed E-state index contributed by atoms with van der Waals surface area (Å²) in [6, 6.07) is 6.31. The molecule has 0 bridgehead atoms. The van der Waals surface area contributed by atoms with Crippen LogP contribution in [0.15, 0.2) is 29.2 Å². The summed E-state index contributed by atoms with van der Waals surface area (Å²) in [5.74, 6) is 0.0923. The third-order valence-corrected chi connectivity index (χ3v) is 3.71. The van der Waals surface area contributed by atoms with E-state index in [1.165, 1.54) is 12.1 Å². The molecule has 0 aliphatic rings. The smallest absolute Gasteiger partial charge is 0.178 e. The lowest BCUT2D eigenvalue weighted by Crippen LogP contribution is -2.18. The second-order valence-corrected chi connectivity index (χ2v) is 5.64. The summed E-state index contributed by atoms with van der Waals surface area (Å²) in [6.07, 6.45) is 0. The summed E-state index contributed by atoms with van der Waals surface area (Å²) in [5, 5.41) is 2.87. The van der Waals surface area contributed by atoms with Gasteiger partial charge >= 0.3 is 0 Å². The lowest BCUT2D eigenvalue weighted by Gasteiger charge is -2.05. The normalized spacial score (nSPS) is 11.0. The first kappa shape index (κ1) is 11.9. The molecule has 4 nitrogen and oxygen atoms in total. The minimum absolute atomic E-state index is 0.0923. The standard InChI is InChI=1S/C9H12N2O2S2/c1-2-15(12,13)8-5-3-7(4-6-8)11-9(10)14/h3-6H,2H2,1H3,(H3,10,11,14). The first-order chi connectivity index (χ1) is 6.95. The molecule has 0 heterocycles. The fourth-order valence-electron chi connectivity index (χ4n) is 1.05. The predicted octanol–water partition coefficient (Wildman–Crippen LogP) is 1.14.